The van der Waals surface area contributed by atoms with Crippen LogP contribution in [0.15, 0.2) is 11.4 Å². The molecule has 2 heterocycles. The molecule has 1 saturated heterocycles. The molecule has 19 heavy (non-hydrogen) atoms. The van der Waals surface area contributed by atoms with Gasteiger partial charge in [-0.3, -0.25) is 0 Å². The second-order valence-corrected chi connectivity index (χ2v) is 7.07. The second-order valence-electron chi connectivity index (χ2n) is 4.85. The first-order valence-electron chi connectivity index (χ1n) is 6.07. The van der Waals surface area contributed by atoms with Gasteiger partial charge < -0.3 is 9.30 Å². The van der Waals surface area contributed by atoms with Crippen LogP contribution in [0.25, 0.3) is 0 Å². The number of imidazole rings is 1. The van der Waals surface area contributed by atoms with Crippen molar-refractivity contribution in [3.05, 3.63) is 11.5 Å². The molecule has 0 radical (unpaired) electrons. The molecule has 1 aliphatic rings. The highest BCUT2D eigenvalue weighted by Crippen LogP contribution is 2.27. The molecule has 0 spiro atoms. The molecule has 6 nitrogen and oxygen atoms in total. The molecule has 0 bridgehead atoms. The third-order valence-corrected chi connectivity index (χ3v) is 5.93. The maximum atomic E-state index is 12.5. The molecule has 1 aromatic rings. The van der Waals surface area contributed by atoms with E-state index in [-0.39, 0.29) is 16.3 Å². The largest absolute Gasteiger partial charge is 0.380 e. The van der Waals surface area contributed by atoms with Gasteiger partial charge in [-0.25, -0.2) is 13.4 Å². The van der Waals surface area contributed by atoms with Crippen LogP contribution in [0.4, 0.5) is 0 Å². The van der Waals surface area contributed by atoms with Crippen LogP contribution in [0.2, 0.25) is 5.15 Å². The fraction of sp³-hybridized carbons (Fsp3) is 0.727. The Morgan fingerprint density at radius 1 is 1.53 bits per heavy atom. The van der Waals surface area contributed by atoms with Crippen LogP contribution in [0.3, 0.4) is 0 Å². The summed E-state index contributed by atoms with van der Waals surface area (Å²) in [6.07, 6.45) is 2.07. The van der Waals surface area contributed by atoms with Crippen LogP contribution in [-0.4, -0.2) is 48.6 Å². The van der Waals surface area contributed by atoms with Gasteiger partial charge in [0.25, 0.3) is 10.0 Å². The van der Waals surface area contributed by atoms with Crippen LogP contribution < -0.4 is 0 Å². The molecular formula is C11H18ClN3O3S. The lowest BCUT2D eigenvalue weighted by Crippen LogP contribution is -2.46. The van der Waals surface area contributed by atoms with E-state index in [0.717, 1.165) is 6.42 Å². The molecule has 0 aromatic carbocycles. The second kappa shape index (κ2) is 5.40. The van der Waals surface area contributed by atoms with E-state index in [1.54, 1.807) is 14.2 Å². The Balaban J connectivity index is 2.28. The number of aryl methyl sites for hydroxylation is 1. The zero-order valence-corrected chi connectivity index (χ0v) is 12.8. The summed E-state index contributed by atoms with van der Waals surface area (Å²) < 4.78 is 33.2. The van der Waals surface area contributed by atoms with Crippen molar-refractivity contribution in [1.82, 2.24) is 13.9 Å². The van der Waals surface area contributed by atoms with Gasteiger partial charge >= 0.3 is 0 Å². The summed E-state index contributed by atoms with van der Waals surface area (Å²) in [5.74, 6) is 0.343. The number of piperidine rings is 1. The van der Waals surface area contributed by atoms with E-state index in [1.807, 2.05) is 0 Å². The molecule has 1 aliphatic heterocycles. The number of nitrogens with zero attached hydrogens (tertiary/aromatic N) is 3. The molecule has 108 valence electrons. The molecule has 0 N–H and O–H groups in total. The van der Waals surface area contributed by atoms with E-state index in [0.29, 0.717) is 19.0 Å². The fourth-order valence-corrected chi connectivity index (χ4v) is 4.08. The lowest BCUT2D eigenvalue weighted by Gasteiger charge is -2.34. The van der Waals surface area contributed by atoms with Crippen molar-refractivity contribution in [2.75, 3.05) is 20.2 Å². The summed E-state index contributed by atoms with van der Waals surface area (Å²) in [6.45, 7) is 2.87. The molecule has 1 aromatic heterocycles. The molecule has 0 amide bonds. The van der Waals surface area contributed by atoms with Crippen LogP contribution in [0.5, 0.6) is 0 Å². The Hall–Kier alpha value is -0.630. The topological polar surface area (TPSA) is 64.4 Å². The van der Waals surface area contributed by atoms with Gasteiger partial charge in [0.1, 0.15) is 5.15 Å². The SMILES string of the molecule is COC1CN(S(=O)(=O)c2ncn(C)c2Cl)CCC1C. The van der Waals surface area contributed by atoms with Crippen molar-refractivity contribution in [3.63, 3.8) is 0 Å². The zero-order chi connectivity index (χ0) is 14.2. The van der Waals surface area contributed by atoms with Crippen molar-refractivity contribution in [1.29, 1.82) is 0 Å². The van der Waals surface area contributed by atoms with E-state index in [1.165, 1.54) is 15.2 Å². The van der Waals surface area contributed by atoms with E-state index in [4.69, 9.17) is 16.3 Å². The summed E-state index contributed by atoms with van der Waals surface area (Å²) in [7, 11) is -0.389. The van der Waals surface area contributed by atoms with E-state index < -0.39 is 10.0 Å². The first-order chi connectivity index (χ1) is 8.87. The van der Waals surface area contributed by atoms with Crippen molar-refractivity contribution < 1.29 is 13.2 Å². The van der Waals surface area contributed by atoms with Crippen molar-refractivity contribution in [2.24, 2.45) is 13.0 Å². The fourth-order valence-electron chi connectivity index (χ4n) is 2.22. The third kappa shape index (κ3) is 2.65. The Morgan fingerprint density at radius 2 is 2.21 bits per heavy atom. The quantitative estimate of drug-likeness (QED) is 0.839. The molecule has 2 atom stereocenters. The summed E-state index contributed by atoms with van der Waals surface area (Å²) in [5.41, 5.74) is 0. The van der Waals surface area contributed by atoms with Gasteiger partial charge in [0.2, 0.25) is 5.03 Å². The van der Waals surface area contributed by atoms with Crippen LogP contribution in [0, 0.1) is 5.92 Å². The Morgan fingerprint density at radius 3 is 2.74 bits per heavy atom. The minimum Gasteiger partial charge on any atom is -0.380 e. The molecule has 1 fully saturated rings. The zero-order valence-electron chi connectivity index (χ0n) is 11.2. The number of methoxy groups -OCH3 is 1. The molecule has 2 rings (SSSR count). The van der Waals surface area contributed by atoms with Crippen molar-refractivity contribution >= 4 is 21.6 Å². The van der Waals surface area contributed by atoms with Gasteiger partial charge in [0.05, 0.1) is 12.4 Å². The number of rotatable bonds is 3. The number of hydrogen-bond acceptors (Lipinski definition) is 4. The van der Waals surface area contributed by atoms with Gasteiger partial charge in [-0.2, -0.15) is 4.31 Å². The lowest BCUT2D eigenvalue weighted by molar-refractivity contribution is 0.0183. The minimum absolute atomic E-state index is 0.0823. The summed E-state index contributed by atoms with van der Waals surface area (Å²) in [5, 5.41) is 0.0497. The van der Waals surface area contributed by atoms with Gasteiger partial charge in [-0.05, 0) is 12.3 Å². The van der Waals surface area contributed by atoms with Crippen molar-refractivity contribution in [3.8, 4) is 0 Å². The van der Waals surface area contributed by atoms with E-state index >= 15 is 0 Å². The lowest BCUT2D eigenvalue weighted by atomic mass is 9.97. The van der Waals surface area contributed by atoms with Crippen LogP contribution in [-0.2, 0) is 21.8 Å². The predicted octanol–water partition coefficient (Wildman–Crippen LogP) is 1.12. The van der Waals surface area contributed by atoms with Crippen LogP contribution >= 0.6 is 11.6 Å². The smallest absolute Gasteiger partial charge is 0.263 e. The first kappa shape index (κ1) is 14.8. The standard InChI is InChI=1S/C11H18ClN3O3S/c1-8-4-5-15(6-9(8)18-3)19(16,17)11-10(12)14(2)7-13-11/h7-9H,4-6H2,1-3H3. The third-order valence-electron chi connectivity index (χ3n) is 3.57. The average molecular weight is 308 g/mol. The van der Waals surface area contributed by atoms with Gasteiger partial charge in [0, 0.05) is 27.2 Å². The van der Waals surface area contributed by atoms with Gasteiger partial charge in [0.15, 0.2) is 0 Å². The highest BCUT2D eigenvalue weighted by molar-refractivity contribution is 7.89. The highest BCUT2D eigenvalue weighted by Gasteiger charge is 2.36. The minimum atomic E-state index is -3.65. The molecule has 2 unspecified atom stereocenters. The molecular weight excluding hydrogens is 290 g/mol. The number of ether oxygens (including phenoxy) is 1. The summed E-state index contributed by atoms with van der Waals surface area (Å²) in [4.78, 5) is 3.89. The normalized spacial score (nSPS) is 25.7. The van der Waals surface area contributed by atoms with Crippen molar-refractivity contribution in [2.45, 2.75) is 24.5 Å². The Bertz CT molecular complexity index is 558. The maximum absolute atomic E-state index is 12.5. The number of hydrogen-bond donors (Lipinski definition) is 0. The van der Waals surface area contributed by atoms with Gasteiger partial charge in [-0.1, -0.05) is 18.5 Å². The molecule has 0 aliphatic carbocycles. The average Bonchev–Trinajstić information content (AvgIpc) is 2.71. The van der Waals surface area contributed by atoms with Crippen LogP contribution in [0.1, 0.15) is 13.3 Å². The predicted molar refractivity (Wildman–Crippen MR) is 71.6 cm³/mol. The summed E-state index contributed by atoms with van der Waals surface area (Å²) >= 11 is 5.97. The maximum Gasteiger partial charge on any atom is 0.263 e. The highest BCUT2D eigenvalue weighted by atomic mass is 35.5. The number of sulfonamides is 1. The number of halogens is 1. The van der Waals surface area contributed by atoms with Gasteiger partial charge in [-0.15, -0.1) is 0 Å². The Kier molecular flexibility index (Phi) is 4.20. The monoisotopic (exact) mass is 307 g/mol. The van der Waals surface area contributed by atoms with E-state index in [9.17, 15) is 8.42 Å². The summed E-state index contributed by atoms with van der Waals surface area (Å²) in [6, 6.07) is 0. The van der Waals surface area contributed by atoms with E-state index in [2.05, 4.69) is 11.9 Å². The molecule has 0 saturated carbocycles. The Labute approximate surface area is 118 Å². The number of aromatic nitrogens is 2. The first-order valence-corrected chi connectivity index (χ1v) is 7.89. The molecule has 8 heteroatoms.